The van der Waals surface area contributed by atoms with Gasteiger partial charge in [-0.3, -0.25) is 9.59 Å². The zero-order chi connectivity index (χ0) is 16.9. The number of hydrogen-bond donors (Lipinski definition) is 1. The average molecular weight is 315 g/mol. The lowest BCUT2D eigenvalue weighted by atomic mass is 9.99. The fourth-order valence-electron chi connectivity index (χ4n) is 2.53. The highest BCUT2D eigenvalue weighted by atomic mass is 16.5. The van der Waals surface area contributed by atoms with Crippen LogP contribution in [0.5, 0.6) is 5.75 Å². The molecule has 0 bridgehead atoms. The summed E-state index contributed by atoms with van der Waals surface area (Å²) >= 11 is 0. The third kappa shape index (κ3) is 4.22. The van der Waals surface area contributed by atoms with Gasteiger partial charge in [-0.15, -0.1) is 0 Å². The third-order valence-electron chi connectivity index (χ3n) is 3.98. The Balaban J connectivity index is 2.03. The molecule has 23 heavy (non-hydrogen) atoms. The quantitative estimate of drug-likeness (QED) is 0.897. The Bertz CT molecular complexity index is 628. The first-order chi connectivity index (χ1) is 11.0. The van der Waals surface area contributed by atoms with Crippen molar-refractivity contribution in [2.24, 2.45) is 0 Å². The van der Waals surface area contributed by atoms with Gasteiger partial charge in [0.2, 0.25) is 0 Å². The summed E-state index contributed by atoms with van der Waals surface area (Å²) in [5, 5.41) is 12.2. The topological polar surface area (TPSA) is 82.4 Å². The van der Waals surface area contributed by atoms with Crippen LogP contribution >= 0.6 is 0 Å². The van der Waals surface area contributed by atoms with E-state index in [1.807, 2.05) is 0 Å². The molecule has 2 rings (SSSR count). The molecule has 6 nitrogen and oxygen atoms in total. The number of hydrogen-bond acceptors (Lipinski definition) is 4. The van der Waals surface area contributed by atoms with Crippen molar-refractivity contribution in [1.82, 2.24) is 10.2 Å². The maximum atomic E-state index is 12.4. The first-order valence-electron chi connectivity index (χ1n) is 7.62. The molecular formula is C17H21N3O3. The zero-order valence-corrected chi connectivity index (χ0v) is 13.5. The van der Waals surface area contributed by atoms with E-state index in [2.05, 4.69) is 11.4 Å². The number of carbonyl (C=O) groups excluding carboxylic acids is 2. The second kappa shape index (κ2) is 7.14. The van der Waals surface area contributed by atoms with Crippen molar-refractivity contribution in [2.75, 3.05) is 20.7 Å². The van der Waals surface area contributed by atoms with E-state index in [1.165, 1.54) is 4.90 Å². The number of nitrogens with one attached hydrogen (secondary N) is 1. The van der Waals surface area contributed by atoms with E-state index in [0.29, 0.717) is 24.2 Å². The Morgan fingerprint density at radius 1 is 1.35 bits per heavy atom. The molecule has 1 saturated carbocycles. The van der Waals surface area contributed by atoms with Gasteiger partial charge in [0.25, 0.3) is 11.8 Å². The van der Waals surface area contributed by atoms with Gasteiger partial charge in [-0.05, 0) is 43.9 Å². The summed E-state index contributed by atoms with van der Waals surface area (Å²) in [4.78, 5) is 25.3. The molecular weight excluding hydrogens is 294 g/mol. The molecule has 1 aliphatic rings. The van der Waals surface area contributed by atoms with Gasteiger partial charge in [0.15, 0.2) is 6.61 Å². The van der Waals surface area contributed by atoms with Crippen molar-refractivity contribution in [1.29, 1.82) is 5.26 Å². The first-order valence-corrected chi connectivity index (χ1v) is 7.62. The molecule has 2 amide bonds. The number of benzene rings is 1. The van der Waals surface area contributed by atoms with E-state index >= 15 is 0 Å². The lowest BCUT2D eigenvalue weighted by Crippen LogP contribution is -2.45. The van der Waals surface area contributed by atoms with Crippen LogP contribution < -0.4 is 10.1 Å². The maximum Gasteiger partial charge on any atom is 0.259 e. The number of likely N-dealkylation sites (N-methyl/N-ethyl adjacent to an activating group) is 1. The van der Waals surface area contributed by atoms with Crippen LogP contribution in [0.2, 0.25) is 0 Å². The zero-order valence-electron chi connectivity index (χ0n) is 13.5. The Labute approximate surface area is 136 Å². The molecule has 122 valence electrons. The van der Waals surface area contributed by atoms with Gasteiger partial charge in [-0.2, -0.15) is 5.26 Å². The molecule has 1 aliphatic carbocycles. The van der Waals surface area contributed by atoms with Gasteiger partial charge in [0, 0.05) is 19.7 Å². The molecule has 0 radical (unpaired) electrons. The van der Waals surface area contributed by atoms with Gasteiger partial charge >= 0.3 is 0 Å². The van der Waals surface area contributed by atoms with Crippen molar-refractivity contribution in [3.05, 3.63) is 29.8 Å². The highest BCUT2D eigenvalue weighted by Gasteiger charge is 2.35. The van der Waals surface area contributed by atoms with Gasteiger partial charge in [-0.25, -0.2) is 0 Å². The monoisotopic (exact) mass is 315 g/mol. The SMILES string of the molecule is CN(C)C(=O)COc1cccc(C(=O)NC2(C#N)CCCC2)c1. The van der Waals surface area contributed by atoms with E-state index in [1.54, 1.807) is 38.4 Å². The molecule has 1 aromatic rings. The Hall–Kier alpha value is -2.55. The van der Waals surface area contributed by atoms with Gasteiger partial charge in [0.05, 0.1) is 6.07 Å². The minimum atomic E-state index is -0.755. The molecule has 6 heteroatoms. The first kappa shape index (κ1) is 16.8. The largest absolute Gasteiger partial charge is 0.484 e. The van der Waals surface area contributed by atoms with Crippen LogP contribution in [0.25, 0.3) is 0 Å². The van der Waals surface area contributed by atoms with Gasteiger partial charge < -0.3 is 15.0 Å². The van der Waals surface area contributed by atoms with Crippen LogP contribution in [0.3, 0.4) is 0 Å². The van der Waals surface area contributed by atoms with E-state index in [4.69, 9.17) is 4.74 Å². The number of rotatable bonds is 5. The van der Waals surface area contributed by atoms with E-state index in [-0.39, 0.29) is 18.4 Å². The summed E-state index contributed by atoms with van der Waals surface area (Å²) in [6.45, 7) is -0.0831. The molecule has 0 spiro atoms. The molecule has 0 aromatic heterocycles. The van der Waals surface area contributed by atoms with E-state index < -0.39 is 5.54 Å². The summed E-state index contributed by atoms with van der Waals surface area (Å²) in [7, 11) is 3.30. The molecule has 1 N–H and O–H groups in total. The van der Waals surface area contributed by atoms with Crippen molar-refractivity contribution >= 4 is 11.8 Å². The number of nitrogens with zero attached hydrogens (tertiary/aromatic N) is 2. The minimum absolute atomic E-state index is 0.0831. The Kier molecular flexibility index (Phi) is 5.22. The second-order valence-corrected chi connectivity index (χ2v) is 5.96. The second-order valence-electron chi connectivity index (χ2n) is 5.96. The van der Waals surface area contributed by atoms with Crippen LogP contribution in [0.1, 0.15) is 36.0 Å². The van der Waals surface area contributed by atoms with Gasteiger partial charge in [-0.1, -0.05) is 6.07 Å². The molecule has 0 heterocycles. The van der Waals surface area contributed by atoms with Gasteiger partial charge in [0.1, 0.15) is 11.3 Å². The molecule has 1 aromatic carbocycles. The maximum absolute atomic E-state index is 12.4. The Morgan fingerprint density at radius 2 is 2.04 bits per heavy atom. The number of ether oxygens (including phenoxy) is 1. The van der Waals surface area contributed by atoms with Crippen LogP contribution in [0, 0.1) is 11.3 Å². The third-order valence-corrected chi connectivity index (χ3v) is 3.98. The number of nitriles is 1. The summed E-state index contributed by atoms with van der Waals surface area (Å²) in [6, 6.07) is 8.86. The van der Waals surface area contributed by atoms with Crippen LogP contribution in [-0.2, 0) is 4.79 Å². The highest BCUT2D eigenvalue weighted by molar-refractivity contribution is 5.95. The van der Waals surface area contributed by atoms with Crippen LogP contribution in [0.4, 0.5) is 0 Å². The lowest BCUT2D eigenvalue weighted by Gasteiger charge is -2.22. The minimum Gasteiger partial charge on any atom is -0.484 e. The van der Waals surface area contributed by atoms with Crippen LogP contribution in [-0.4, -0.2) is 43.0 Å². The molecule has 0 atom stereocenters. The number of carbonyl (C=O) groups is 2. The average Bonchev–Trinajstić information content (AvgIpc) is 3.01. The van der Waals surface area contributed by atoms with Crippen molar-refractivity contribution in [2.45, 2.75) is 31.2 Å². The fourth-order valence-corrected chi connectivity index (χ4v) is 2.53. The lowest BCUT2D eigenvalue weighted by molar-refractivity contribution is -0.130. The van der Waals surface area contributed by atoms with Crippen molar-refractivity contribution < 1.29 is 14.3 Å². The summed E-state index contributed by atoms with van der Waals surface area (Å²) in [5.41, 5.74) is -0.337. The Morgan fingerprint density at radius 3 is 2.65 bits per heavy atom. The highest BCUT2D eigenvalue weighted by Crippen LogP contribution is 2.29. The summed E-state index contributed by atoms with van der Waals surface area (Å²) in [5.74, 6) is -0.00245. The molecule has 1 fully saturated rings. The normalized spacial score (nSPS) is 15.5. The van der Waals surface area contributed by atoms with E-state index in [0.717, 1.165) is 12.8 Å². The smallest absolute Gasteiger partial charge is 0.259 e. The standard InChI is InChI=1S/C17H21N3O3/c1-20(2)15(21)11-23-14-7-5-6-13(10-14)16(22)19-17(12-18)8-3-4-9-17/h5-7,10H,3-4,8-9,11H2,1-2H3,(H,19,22). The number of amides is 2. The van der Waals surface area contributed by atoms with Crippen molar-refractivity contribution in [3.8, 4) is 11.8 Å². The summed E-state index contributed by atoms with van der Waals surface area (Å²) < 4.78 is 5.41. The fraction of sp³-hybridized carbons (Fsp3) is 0.471. The molecule has 0 unspecified atom stereocenters. The summed E-state index contributed by atoms with van der Waals surface area (Å²) in [6.07, 6.45) is 3.26. The molecule has 0 saturated heterocycles. The van der Waals surface area contributed by atoms with E-state index in [9.17, 15) is 14.9 Å². The van der Waals surface area contributed by atoms with Crippen LogP contribution in [0.15, 0.2) is 24.3 Å². The van der Waals surface area contributed by atoms with Crippen molar-refractivity contribution in [3.63, 3.8) is 0 Å². The predicted octanol–water partition coefficient (Wildman–Crippen LogP) is 1.72. The predicted molar refractivity (Wildman–Crippen MR) is 84.9 cm³/mol. The molecule has 0 aliphatic heterocycles.